The maximum atomic E-state index is 11.7. The second kappa shape index (κ2) is 4.77. The van der Waals surface area contributed by atoms with Crippen molar-refractivity contribution >= 4 is 26.5 Å². The number of nitrogens with zero attached hydrogens (tertiary/aromatic N) is 4. The van der Waals surface area contributed by atoms with E-state index in [0.29, 0.717) is 6.54 Å². The van der Waals surface area contributed by atoms with Gasteiger partial charge in [0, 0.05) is 25.5 Å². The van der Waals surface area contributed by atoms with E-state index < -0.39 is 10.0 Å². The van der Waals surface area contributed by atoms with Gasteiger partial charge in [0.05, 0.1) is 6.33 Å². The van der Waals surface area contributed by atoms with Gasteiger partial charge in [-0.3, -0.25) is 0 Å². The molecule has 0 amide bonds. The molecule has 0 aliphatic heterocycles. The number of anilines is 1. The molecule has 0 atom stereocenters. The van der Waals surface area contributed by atoms with Crippen LogP contribution in [0, 0.1) is 0 Å². The molecule has 2 aromatic rings. The second-order valence-corrected chi connectivity index (χ2v) is 6.05. The van der Waals surface area contributed by atoms with Gasteiger partial charge in [0.25, 0.3) is 10.0 Å². The van der Waals surface area contributed by atoms with E-state index in [1.165, 1.54) is 0 Å². The van der Waals surface area contributed by atoms with Crippen LogP contribution in [0.3, 0.4) is 0 Å². The monoisotopic (exact) mass is 274 g/mol. The Morgan fingerprint density at radius 1 is 1.47 bits per heavy atom. The number of hydrogen-bond donors (Lipinski definition) is 2. The number of imidazole rings is 1. The third kappa shape index (κ3) is 2.99. The van der Waals surface area contributed by atoms with E-state index in [4.69, 9.17) is 5.73 Å². The Bertz CT molecular complexity index is 575. The van der Waals surface area contributed by atoms with Crippen molar-refractivity contribution in [3.05, 3.63) is 18.7 Å². The Morgan fingerprint density at radius 3 is 2.88 bits per heavy atom. The number of nitrogen functional groups attached to an aromatic ring is 1. The average molecular weight is 274 g/mol. The summed E-state index contributed by atoms with van der Waals surface area (Å²) in [7, 11) is -3.61. The van der Waals surface area contributed by atoms with Crippen LogP contribution in [0.15, 0.2) is 23.1 Å². The summed E-state index contributed by atoms with van der Waals surface area (Å²) in [6.45, 7) is 0.742. The van der Waals surface area contributed by atoms with Crippen molar-refractivity contribution in [2.24, 2.45) is 0 Å². The Morgan fingerprint density at radius 2 is 2.29 bits per heavy atom. The highest BCUT2D eigenvalue weighted by molar-refractivity contribution is 7.91. The van der Waals surface area contributed by atoms with E-state index in [1.807, 2.05) is 0 Å². The molecule has 0 aromatic carbocycles. The lowest BCUT2D eigenvalue weighted by molar-refractivity contribution is 0.571. The number of hydrogen-bond acceptors (Lipinski definition) is 7. The number of aromatic nitrogens is 4. The summed E-state index contributed by atoms with van der Waals surface area (Å²) in [4.78, 5) is 3.85. The Hall–Kier alpha value is -1.52. The van der Waals surface area contributed by atoms with E-state index in [9.17, 15) is 8.42 Å². The molecule has 0 bridgehead atoms. The average Bonchev–Trinajstić information content (AvgIpc) is 2.89. The molecule has 0 spiro atoms. The minimum atomic E-state index is -3.61. The molecule has 0 aliphatic carbocycles. The quantitative estimate of drug-likeness (QED) is 0.744. The van der Waals surface area contributed by atoms with Gasteiger partial charge in [-0.1, -0.05) is 11.3 Å². The van der Waals surface area contributed by atoms with Gasteiger partial charge in [-0.2, -0.15) is 0 Å². The van der Waals surface area contributed by atoms with Gasteiger partial charge in [0.15, 0.2) is 0 Å². The van der Waals surface area contributed by atoms with Crippen LogP contribution in [-0.2, 0) is 16.6 Å². The number of nitrogens with one attached hydrogen (secondary N) is 1. The molecule has 0 saturated carbocycles. The lowest BCUT2D eigenvalue weighted by Gasteiger charge is -2.03. The summed E-state index contributed by atoms with van der Waals surface area (Å²) in [6.07, 6.45) is 4.98. The molecule has 92 valence electrons. The summed E-state index contributed by atoms with van der Waals surface area (Å²) in [5.41, 5.74) is 5.32. The van der Waals surface area contributed by atoms with Gasteiger partial charge < -0.3 is 10.3 Å². The zero-order valence-electron chi connectivity index (χ0n) is 8.65. The van der Waals surface area contributed by atoms with Crippen LogP contribution in [0.5, 0.6) is 0 Å². The lowest BCUT2D eigenvalue weighted by Crippen LogP contribution is -2.27. The fourth-order valence-electron chi connectivity index (χ4n) is 1.12. The Balaban J connectivity index is 1.94. The molecule has 0 radical (unpaired) electrons. The first-order valence-electron chi connectivity index (χ1n) is 4.62. The SMILES string of the molecule is Nc1nnc(S(=O)(=O)NCCn2ccnc2)s1. The highest BCUT2D eigenvalue weighted by Crippen LogP contribution is 2.15. The molecule has 2 heterocycles. The van der Waals surface area contributed by atoms with Crippen molar-refractivity contribution in [2.45, 2.75) is 10.9 Å². The van der Waals surface area contributed by atoms with Gasteiger partial charge in [-0.05, 0) is 0 Å². The van der Waals surface area contributed by atoms with Crippen LogP contribution >= 0.6 is 11.3 Å². The summed E-state index contributed by atoms with van der Waals surface area (Å²) in [5, 5.41) is 7.05. The fourth-order valence-corrected chi connectivity index (χ4v) is 2.96. The van der Waals surface area contributed by atoms with Crippen molar-refractivity contribution in [1.29, 1.82) is 0 Å². The van der Waals surface area contributed by atoms with E-state index >= 15 is 0 Å². The molecular weight excluding hydrogens is 264 g/mol. The van der Waals surface area contributed by atoms with Crippen LogP contribution in [0.1, 0.15) is 0 Å². The molecule has 0 unspecified atom stereocenters. The molecule has 0 aliphatic rings. The Kier molecular flexibility index (Phi) is 3.36. The normalized spacial score (nSPS) is 11.8. The van der Waals surface area contributed by atoms with Crippen molar-refractivity contribution in [1.82, 2.24) is 24.5 Å². The third-order valence-electron chi connectivity index (χ3n) is 1.87. The number of rotatable bonds is 5. The molecule has 3 N–H and O–H groups in total. The topological polar surface area (TPSA) is 116 Å². The van der Waals surface area contributed by atoms with Crippen LogP contribution in [-0.4, -0.2) is 34.7 Å². The van der Waals surface area contributed by atoms with Crippen LogP contribution < -0.4 is 10.5 Å². The van der Waals surface area contributed by atoms with Gasteiger partial charge in [0.1, 0.15) is 0 Å². The molecule has 17 heavy (non-hydrogen) atoms. The minimum Gasteiger partial charge on any atom is -0.374 e. The maximum absolute atomic E-state index is 11.7. The van der Waals surface area contributed by atoms with E-state index in [2.05, 4.69) is 19.9 Å². The molecular formula is C7H10N6O2S2. The van der Waals surface area contributed by atoms with Crippen molar-refractivity contribution in [3.8, 4) is 0 Å². The standard InChI is InChI=1S/C7H10N6O2S2/c8-6-11-12-7(16-6)17(14,15)10-2-4-13-3-1-9-5-13/h1,3,5,10H,2,4H2,(H2,8,11). The van der Waals surface area contributed by atoms with Crippen molar-refractivity contribution in [2.75, 3.05) is 12.3 Å². The van der Waals surface area contributed by atoms with Crippen LogP contribution in [0.25, 0.3) is 0 Å². The molecule has 10 heteroatoms. The first-order chi connectivity index (χ1) is 8.08. The van der Waals surface area contributed by atoms with E-state index in [1.54, 1.807) is 23.3 Å². The predicted molar refractivity (Wildman–Crippen MR) is 61.7 cm³/mol. The lowest BCUT2D eigenvalue weighted by atomic mass is 10.6. The minimum absolute atomic E-state index is 0.124. The van der Waals surface area contributed by atoms with Gasteiger partial charge in [-0.15, -0.1) is 10.2 Å². The predicted octanol–water partition coefficient (Wildman–Crippen LogP) is -0.705. The highest BCUT2D eigenvalue weighted by atomic mass is 32.2. The second-order valence-electron chi connectivity index (χ2n) is 3.10. The summed E-state index contributed by atoms with van der Waals surface area (Å²) >= 11 is 0.829. The van der Waals surface area contributed by atoms with E-state index in [0.717, 1.165) is 11.3 Å². The number of sulfonamides is 1. The van der Waals surface area contributed by atoms with Crippen LogP contribution in [0.4, 0.5) is 5.13 Å². The number of nitrogens with two attached hydrogens (primary N) is 1. The first-order valence-corrected chi connectivity index (χ1v) is 6.92. The smallest absolute Gasteiger partial charge is 0.269 e. The summed E-state index contributed by atoms with van der Waals surface area (Å²) < 4.78 is 27.4. The van der Waals surface area contributed by atoms with Crippen LogP contribution in [0.2, 0.25) is 0 Å². The third-order valence-corrected chi connectivity index (χ3v) is 4.45. The zero-order valence-corrected chi connectivity index (χ0v) is 10.3. The largest absolute Gasteiger partial charge is 0.374 e. The van der Waals surface area contributed by atoms with Gasteiger partial charge in [-0.25, -0.2) is 18.1 Å². The summed E-state index contributed by atoms with van der Waals surface area (Å²) in [6, 6.07) is 0. The maximum Gasteiger partial charge on any atom is 0.269 e. The molecule has 2 aromatic heterocycles. The Labute approximate surface area is 102 Å². The molecule has 0 fully saturated rings. The zero-order chi connectivity index (χ0) is 12.3. The fraction of sp³-hybridized carbons (Fsp3) is 0.286. The van der Waals surface area contributed by atoms with Gasteiger partial charge in [0.2, 0.25) is 9.47 Å². The molecule has 0 saturated heterocycles. The van der Waals surface area contributed by atoms with Crippen molar-refractivity contribution < 1.29 is 8.42 Å². The van der Waals surface area contributed by atoms with Crippen molar-refractivity contribution in [3.63, 3.8) is 0 Å². The molecule has 2 rings (SSSR count). The first kappa shape index (κ1) is 12.0. The highest BCUT2D eigenvalue weighted by Gasteiger charge is 2.18. The van der Waals surface area contributed by atoms with E-state index in [-0.39, 0.29) is 16.0 Å². The molecule has 8 nitrogen and oxygen atoms in total. The summed E-state index contributed by atoms with van der Waals surface area (Å²) in [5.74, 6) is 0. The van der Waals surface area contributed by atoms with Gasteiger partial charge >= 0.3 is 0 Å².